The molecule has 0 unspecified atom stereocenters. The van der Waals surface area contributed by atoms with Gasteiger partial charge in [0.15, 0.2) is 5.11 Å². The minimum Gasteiger partial charge on any atom is -0.507 e. The van der Waals surface area contributed by atoms with Crippen molar-refractivity contribution in [3.05, 3.63) is 23.8 Å². The van der Waals surface area contributed by atoms with E-state index in [4.69, 9.17) is 17.3 Å². The summed E-state index contributed by atoms with van der Waals surface area (Å²) in [7, 11) is 0. The van der Waals surface area contributed by atoms with E-state index in [1.54, 1.807) is 0 Å². The zero-order valence-electron chi connectivity index (χ0n) is 9.52. The first-order valence-electron chi connectivity index (χ1n) is 5.04. The minimum absolute atomic E-state index is 0.140. The topological polar surface area (TPSA) is 81.6 Å². The summed E-state index contributed by atoms with van der Waals surface area (Å²) in [5.74, 6) is -1.47. The van der Waals surface area contributed by atoms with Crippen LogP contribution in [0.1, 0.15) is 24.2 Å². The second-order valence-corrected chi connectivity index (χ2v) is 4.20. The Bertz CT molecular complexity index is 446. The SMILES string of the molecule is CC(C)NC(=S)Nc1ccc(C(=O)O)c(O)c1. The van der Waals surface area contributed by atoms with Crippen LogP contribution in [0, 0.1) is 0 Å². The van der Waals surface area contributed by atoms with Gasteiger partial charge in [-0.2, -0.15) is 0 Å². The summed E-state index contributed by atoms with van der Waals surface area (Å²) >= 11 is 5.02. The Labute approximate surface area is 104 Å². The van der Waals surface area contributed by atoms with Gasteiger partial charge < -0.3 is 20.8 Å². The molecular formula is C11H14N2O3S. The molecule has 0 aliphatic rings. The Hall–Kier alpha value is -1.82. The van der Waals surface area contributed by atoms with Crippen LogP contribution in [0.2, 0.25) is 0 Å². The first-order chi connectivity index (χ1) is 7.90. The lowest BCUT2D eigenvalue weighted by atomic mass is 10.2. The molecule has 0 saturated heterocycles. The molecule has 0 spiro atoms. The van der Waals surface area contributed by atoms with E-state index >= 15 is 0 Å². The van der Waals surface area contributed by atoms with Crippen LogP contribution in [0.3, 0.4) is 0 Å². The van der Waals surface area contributed by atoms with Crippen molar-refractivity contribution in [2.45, 2.75) is 19.9 Å². The first-order valence-corrected chi connectivity index (χ1v) is 5.45. The molecule has 0 heterocycles. The van der Waals surface area contributed by atoms with Crippen LogP contribution in [-0.4, -0.2) is 27.3 Å². The predicted octanol–water partition coefficient (Wildman–Crippen LogP) is 1.79. The number of hydrogen-bond donors (Lipinski definition) is 4. The highest BCUT2D eigenvalue weighted by Gasteiger charge is 2.10. The quantitative estimate of drug-likeness (QED) is 0.616. The molecular weight excluding hydrogens is 240 g/mol. The molecule has 1 aromatic rings. The van der Waals surface area contributed by atoms with E-state index in [9.17, 15) is 9.90 Å². The normalized spacial score (nSPS) is 10.1. The smallest absolute Gasteiger partial charge is 0.339 e. The van der Waals surface area contributed by atoms with Crippen LogP contribution in [0.4, 0.5) is 5.69 Å². The number of rotatable bonds is 3. The van der Waals surface area contributed by atoms with Crippen molar-refractivity contribution < 1.29 is 15.0 Å². The molecule has 0 radical (unpaired) electrons. The molecule has 0 saturated carbocycles. The number of carboxylic acids is 1. The van der Waals surface area contributed by atoms with E-state index in [1.807, 2.05) is 13.8 Å². The average molecular weight is 254 g/mol. The molecule has 4 N–H and O–H groups in total. The van der Waals surface area contributed by atoms with Crippen molar-refractivity contribution in [1.82, 2.24) is 5.32 Å². The highest BCUT2D eigenvalue weighted by atomic mass is 32.1. The van der Waals surface area contributed by atoms with Crippen LogP contribution in [-0.2, 0) is 0 Å². The van der Waals surface area contributed by atoms with Gasteiger partial charge in [0.2, 0.25) is 0 Å². The monoisotopic (exact) mass is 254 g/mol. The summed E-state index contributed by atoms with van der Waals surface area (Å²) in [4.78, 5) is 10.7. The van der Waals surface area contributed by atoms with E-state index in [1.165, 1.54) is 18.2 Å². The van der Waals surface area contributed by atoms with Crippen LogP contribution in [0.15, 0.2) is 18.2 Å². The van der Waals surface area contributed by atoms with Gasteiger partial charge in [0.05, 0.1) is 0 Å². The zero-order valence-corrected chi connectivity index (χ0v) is 10.3. The number of hydrogen-bond acceptors (Lipinski definition) is 3. The molecule has 92 valence electrons. The third kappa shape index (κ3) is 3.92. The lowest BCUT2D eigenvalue weighted by Gasteiger charge is -2.13. The Morgan fingerprint density at radius 3 is 2.53 bits per heavy atom. The summed E-state index contributed by atoms with van der Waals surface area (Å²) in [6.07, 6.45) is 0. The van der Waals surface area contributed by atoms with Crippen LogP contribution in [0.25, 0.3) is 0 Å². The Kier molecular flexibility index (Phi) is 4.28. The average Bonchev–Trinajstić information content (AvgIpc) is 2.15. The second kappa shape index (κ2) is 5.49. The summed E-state index contributed by atoms with van der Waals surface area (Å²) in [5, 5.41) is 24.4. The summed E-state index contributed by atoms with van der Waals surface area (Å²) in [6.45, 7) is 3.89. The molecule has 0 aliphatic heterocycles. The highest BCUT2D eigenvalue weighted by Crippen LogP contribution is 2.21. The fourth-order valence-electron chi connectivity index (χ4n) is 1.22. The Morgan fingerprint density at radius 1 is 1.41 bits per heavy atom. The second-order valence-electron chi connectivity index (χ2n) is 3.79. The number of aromatic carboxylic acids is 1. The number of carboxylic acid groups (broad SMARTS) is 1. The van der Waals surface area contributed by atoms with Crippen molar-refractivity contribution in [1.29, 1.82) is 0 Å². The van der Waals surface area contributed by atoms with Crippen molar-refractivity contribution >= 4 is 29.0 Å². The van der Waals surface area contributed by atoms with E-state index < -0.39 is 5.97 Å². The molecule has 0 atom stereocenters. The van der Waals surface area contributed by atoms with Gasteiger partial charge in [-0.05, 0) is 38.2 Å². The van der Waals surface area contributed by atoms with Gasteiger partial charge in [0, 0.05) is 17.8 Å². The highest BCUT2D eigenvalue weighted by molar-refractivity contribution is 7.80. The Morgan fingerprint density at radius 2 is 2.06 bits per heavy atom. The fourth-order valence-corrected chi connectivity index (χ4v) is 1.57. The predicted molar refractivity (Wildman–Crippen MR) is 69.6 cm³/mol. The molecule has 17 heavy (non-hydrogen) atoms. The summed E-state index contributed by atoms with van der Waals surface area (Å²) < 4.78 is 0. The van der Waals surface area contributed by atoms with Crippen molar-refractivity contribution in [2.75, 3.05) is 5.32 Å². The molecule has 5 nitrogen and oxygen atoms in total. The van der Waals surface area contributed by atoms with E-state index in [2.05, 4.69) is 10.6 Å². The van der Waals surface area contributed by atoms with Gasteiger partial charge in [-0.1, -0.05) is 0 Å². The first kappa shape index (κ1) is 13.2. The summed E-state index contributed by atoms with van der Waals surface area (Å²) in [6, 6.07) is 4.37. The molecule has 0 aliphatic carbocycles. The van der Waals surface area contributed by atoms with Gasteiger partial charge in [-0.3, -0.25) is 0 Å². The number of aromatic hydroxyl groups is 1. The summed E-state index contributed by atoms with van der Waals surface area (Å²) in [5.41, 5.74) is 0.393. The van der Waals surface area contributed by atoms with Gasteiger partial charge >= 0.3 is 5.97 Å². The number of thiocarbonyl (C=S) groups is 1. The molecule has 0 fully saturated rings. The van der Waals surface area contributed by atoms with E-state index in [0.717, 1.165) is 0 Å². The number of carbonyl (C=O) groups is 1. The third-order valence-corrected chi connectivity index (χ3v) is 2.13. The van der Waals surface area contributed by atoms with Crippen molar-refractivity contribution in [3.8, 4) is 5.75 Å². The van der Waals surface area contributed by atoms with Gasteiger partial charge in [0.25, 0.3) is 0 Å². The van der Waals surface area contributed by atoms with Gasteiger partial charge in [-0.15, -0.1) is 0 Å². The van der Waals surface area contributed by atoms with Gasteiger partial charge in [-0.25, -0.2) is 4.79 Å². The minimum atomic E-state index is -1.17. The third-order valence-electron chi connectivity index (χ3n) is 1.91. The van der Waals surface area contributed by atoms with Gasteiger partial charge in [0.1, 0.15) is 11.3 Å². The standard InChI is InChI=1S/C11H14N2O3S/c1-6(2)12-11(17)13-7-3-4-8(10(15)16)9(14)5-7/h3-6,14H,1-2H3,(H,15,16)(H2,12,13,17). The zero-order chi connectivity index (χ0) is 13.0. The maximum Gasteiger partial charge on any atom is 0.339 e. The van der Waals surface area contributed by atoms with E-state index in [0.29, 0.717) is 10.8 Å². The lowest BCUT2D eigenvalue weighted by molar-refractivity contribution is 0.0694. The molecule has 0 amide bonds. The molecule has 1 aromatic carbocycles. The van der Waals surface area contributed by atoms with Crippen molar-refractivity contribution in [2.24, 2.45) is 0 Å². The lowest BCUT2D eigenvalue weighted by Crippen LogP contribution is -2.33. The largest absolute Gasteiger partial charge is 0.507 e. The van der Waals surface area contributed by atoms with Crippen LogP contribution < -0.4 is 10.6 Å². The van der Waals surface area contributed by atoms with Crippen LogP contribution in [0.5, 0.6) is 5.75 Å². The maximum absolute atomic E-state index is 10.7. The number of nitrogens with one attached hydrogen (secondary N) is 2. The van der Waals surface area contributed by atoms with Crippen molar-refractivity contribution in [3.63, 3.8) is 0 Å². The maximum atomic E-state index is 10.7. The fraction of sp³-hybridized carbons (Fsp3) is 0.273. The van der Waals surface area contributed by atoms with Crippen LogP contribution >= 0.6 is 12.2 Å². The molecule has 6 heteroatoms. The molecule has 0 bridgehead atoms. The number of phenols is 1. The molecule has 1 rings (SSSR count). The van der Waals surface area contributed by atoms with E-state index in [-0.39, 0.29) is 17.4 Å². The number of benzene rings is 1. The molecule has 0 aromatic heterocycles. The Balaban J connectivity index is 2.77. The number of anilines is 1.